The van der Waals surface area contributed by atoms with Crippen molar-refractivity contribution in [2.24, 2.45) is 5.73 Å². The van der Waals surface area contributed by atoms with E-state index in [1.165, 1.54) is 17.2 Å². The first-order valence-corrected chi connectivity index (χ1v) is 8.36. The molecule has 5 nitrogen and oxygen atoms in total. The molecule has 112 valence electrons. The van der Waals surface area contributed by atoms with E-state index in [9.17, 15) is 8.42 Å². The van der Waals surface area contributed by atoms with Gasteiger partial charge in [0.1, 0.15) is 16.4 Å². The van der Waals surface area contributed by atoms with Crippen molar-refractivity contribution in [3.05, 3.63) is 53.0 Å². The smallest absolute Gasteiger partial charge is 0.244 e. The number of hydrogen-bond donors (Lipinski definition) is 2. The average Bonchev–Trinajstić information content (AvgIpc) is 2.82. The zero-order chi connectivity index (χ0) is 15.0. The first kappa shape index (κ1) is 14.3. The van der Waals surface area contributed by atoms with Crippen molar-refractivity contribution < 1.29 is 12.8 Å². The summed E-state index contributed by atoms with van der Waals surface area (Å²) in [5.41, 5.74) is 8.00. The van der Waals surface area contributed by atoms with Crippen LogP contribution in [0.15, 0.2) is 39.6 Å². The zero-order valence-electron chi connectivity index (χ0n) is 11.8. The van der Waals surface area contributed by atoms with E-state index in [1.54, 1.807) is 6.92 Å². The number of fused-ring (bicyclic) bond motifs is 1. The van der Waals surface area contributed by atoms with E-state index in [0.29, 0.717) is 18.1 Å². The molecule has 0 bridgehead atoms. The predicted octanol–water partition coefficient (Wildman–Crippen LogP) is 1.66. The summed E-state index contributed by atoms with van der Waals surface area (Å²) in [6.45, 7) is 2.22. The Bertz CT molecular complexity index is 765. The molecule has 0 fully saturated rings. The van der Waals surface area contributed by atoms with Crippen molar-refractivity contribution in [2.45, 2.75) is 30.7 Å². The van der Waals surface area contributed by atoms with E-state index >= 15 is 0 Å². The molecule has 3 rings (SSSR count). The van der Waals surface area contributed by atoms with Crippen LogP contribution in [0.25, 0.3) is 0 Å². The van der Waals surface area contributed by atoms with Crippen LogP contribution in [0.4, 0.5) is 0 Å². The molecule has 1 unspecified atom stereocenters. The highest BCUT2D eigenvalue weighted by atomic mass is 32.2. The third-order valence-electron chi connectivity index (χ3n) is 3.89. The molecule has 6 heteroatoms. The van der Waals surface area contributed by atoms with Gasteiger partial charge in [-0.15, -0.1) is 0 Å². The van der Waals surface area contributed by atoms with Crippen molar-refractivity contribution in [1.29, 1.82) is 0 Å². The van der Waals surface area contributed by atoms with Gasteiger partial charge in [0.25, 0.3) is 0 Å². The molecule has 0 amide bonds. The maximum Gasteiger partial charge on any atom is 0.244 e. The summed E-state index contributed by atoms with van der Waals surface area (Å²) in [4.78, 5) is 0.176. The van der Waals surface area contributed by atoms with Gasteiger partial charge in [0.15, 0.2) is 0 Å². The summed E-state index contributed by atoms with van der Waals surface area (Å²) in [6, 6.07) is 9.60. The second kappa shape index (κ2) is 5.29. The quantitative estimate of drug-likeness (QED) is 0.880. The highest BCUT2D eigenvalue weighted by Gasteiger charge is 2.28. The largest absolute Gasteiger partial charge is 0.464 e. The fraction of sp³-hybridized carbons (Fsp3) is 0.333. The Balaban J connectivity index is 1.72. The van der Waals surface area contributed by atoms with Gasteiger partial charge in [0, 0.05) is 18.5 Å². The molecule has 1 aliphatic carbocycles. The summed E-state index contributed by atoms with van der Waals surface area (Å²) in [7, 11) is -3.55. The number of nitrogens with two attached hydrogens (primary N) is 1. The van der Waals surface area contributed by atoms with E-state index in [2.05, 4.69) is 10.8 Å². The second-order valence-electron chi connectivity index (χ2n) is 5.29. The van der Waals surface area contributed by atoms with Gasteiger partial charge in [0.2, 0.25) is 10.0 Å². The number of aryl methyl sites for hydroxylation is 1. The zero-order valence-corrected chi connectivity index (χ0v) is 12.6. The Morgan fingerprint density at radius 3 is 2.81 bits per heavy atom. The van der Waals surface area contributed by atoms with Gasteiger partial charge in [-0.05, 0) is 24.5 Å². The molecule has 1 aromatic carbocycles. The molecule has 1 aromatic heterocycles. The third-order valence-corrected chi connectivity index (χ3v) is 5.43. The average molecular weight is 306 g/mol. The van der Waals surface area contributed by atoms with Crippen molar-refractivity contribution in [3.63, 3.8) is 0 Å². The molecule has 21 heavy (non-hydrogen) atoms. The number of rotatable bonds is 5. The lowest BCUT2D eigenvalue weighted by molar-refractivity contribution is 0.478. The van der Waals surface area contributed by atoms with Gasteiger partial charge in [0.05, 0.1) is 6.54 Å². The molecule has 0 aliphatic heterocycles. The SMILES string of the molecule is Cc1oc(CN)cc1S(=O)(=O)NCC1Cc2ccccc21. The molecule has 1 heterocycles. The maximum atomic E-state index is 12.3. The lowest BCUT2D eigenvalue weighted by Gasteiger charge is -2.30. The fourth-order valence-electron chi connectivity index (χ4n) is 2.72. The number of nitrogens with one attached hydrogen (secondary N) is 1. The standard InChI is InChI=1S/C15H18N2O3S/c1-10-15(7-13(8-16)20-10)21(18,19)17-9-12-6-11-4-2-3-5-14(11)12/h2-5,7,12,17H,6,8-9,16H2,1H3. The van der Waals surface area contributed by atoms with Gasteiger partial charge in [-0.2, -0.15) is 0 Å². The summed E-state index contributed by atoms with van der Waals surface area (Å²) in [5.74, 6) is 1.09. The Kier molecular flexibility index (Phi) is 3.61. The number of sulfonamides is 1. The second-order valence-corrected chi connectivity index (χ2v) is 7.02. The summed E-state index contributed by atoms with van der Waals surface area (Å²) < 4.78 is 32.6. The van der Waals surface area contributed by atoms with Crippen molar-refractivity contribution in [2.75, 3.05) is 6.54 Å². The molecule has 0 saturated heterocycles. The van der Waals surface area contributed by atoms with Crippen LogP contribution in [0.3, 0.4) is 0 Å². The first-order valence-electron chi connectivity index (χ1n) is 6.88. The van der Waals surface area contributed by atoms with Crippen LogP contribution in [-0.4, -0.2) is 15.0 Å². The first-order chi connectivity index (χ1) is 10.0. The topological polar surface area (TPSA) is 85.3 Å². The molecule has 2 aromatic rings. The number of furan rings is 1. The van der Waals surface area contributed by atoms with Gasteiger partial charge < -0.3 is 10.2 Å². The fourth-order valence-corrected chi connectivity index (χ4v) is 4.01. The van der Waals surface area contributed by atoms with Crippen molar-refractivity contribution >= 4 is 10.0 Å². The van der Waals surface area contributed by atoms with Crippen molar-refractivity contribution in [3.8, 4) is 0 Å². The van der Waals surface area contributed by atoms with Crippen LogP contribution in [-0.2, 0) is 23.0 Å². The van der Waals surface area contributed by atoms with E-state index in [1.807, 2.05) is 18.2 Å². The van der Waals surface area contributed by atoms with Crippen LogP contribution >= 0.6 is 0 Å². The van der Waals surface area contributed by atoms with E-state index in [4.69, 9.17) is 10.2 Å². The molecule has 1 aliphatic rings. The van der Waals surface area contributed by atoms with E-state index in [0.717, 1.165) is 6.42 Å². The molecule has 0 spiro atoms. The van der Waals surface area contributed by atoms with Crippen LogP contribution in [0.5, 0.6) is 0 Å². The van der Waals surface area contributed by atoms with Gasteiger partial charge in [-0.3, -0.25) is 0 Å². The minimum Gasteiger partial charge on any atom is -0.464 e. The minimum absolute atomic E-state index is 0.176. The Morgan fingerprint density at radius 1 is 1.38 bits per heavy atom. The molecule has 3 N–H and O–H groups in total. The normalized spacial score (nSPS) is 17.3. The Morgan fingerprint density at radius 2 is 2.14 bits per heavy atom. The maximum absolute atomic E-state index is 12.3. The Labute approximate surface area is 124 Å². The molecule has 0 radical (unpaired) electrons. The van der Waals surface area contributed by atoms with Gasteiger partial charge in [-0.1, -0.05) is 24.3 Å². The number of benzene rings is 1. The van der Waals surface area contributed by atoms with Crippen LogP contribution in [0.2, 0.25) is 0 Å². The highest BCUT2D eigenvalue weighted by molar-refractivity contribution is 7.89. The van der Waals surface area contributed by atoms with Crippen LogP contribution in [0, 0.1) is 6.92 Å². The molecule has 0 saturated carbocycles. The molecule has 1 atom stereocenters. The van der Waals surface area contributed by atoms with E-state index < -0.39 is 10.0 Å². The van der Waals surface area contributed by atoms with Gasteiger partial charge in [-0.25, -0.2) is 13.1 Å². The third kappa shape index (κ3) is 2.62. The van der Waals surface area contributed by atoms with Crippen molar-refractivity contribution in [1.82, 2.24) is 4.72 Å². The molecular formula is C15H18N2O3S. The summed E-state index contributed by atoms with van der Waals surface area (Å²) in [6.07, 6.45) is 0.914. The van der Waals surface area contributed by atoms with Crippen LogP contribution in [0.1, 0.15) is 28.6 Å². The lowest BCUT2D eigenvalue weighted by Crippen LogP contribution is -2.33. The van der Waals surface area contributed by atoms with Gasteiger partial charge >= 0.3 is 0 Å². The predicted molar refractivity (Wildman–Crippen MR) is 79.4 cm³/mol. The minimum atomic E-state index is -3.55. The lowest BCUT2D eigenvalue weighted by atomic mass is 9.78. The van der Waals surface area contributed by atoms with Crippen LogP contribution < -0.4 is 10.5 Å². The summed E-state index contributed by atoms with van der Waals surface area (Å²) >= 11 is 0. The summed E-state index contributed by atoms with van der Waals surface area (Å²) in [5, 5.41) is 0. The number of hydrogen-bond acceptors (Lipinski definition) is 4. The Hall–Kier alpha value is -1.63. The van der Waals surface area contributed by atoms with E-state index in [-0.39, 0.29) is 17.4 Å². The monoisotopic (exact) mass is 306 g/mol. The highest BCUT2D eigenvalue weighted by Crippen LogP contribution is 2.34. The molecular weight excluding hydrogens is 288 g/mol.